The molecule has 0 aliphatic carbocycles. The Balaban J connectivity index is 1.60. The van der Waals surface area contributed by atoms with Gasteiger partial charge < -0.3 is 10.2 Å². The molecule has 1 atom stereocenters. The molecular formula is C20H22N2O4S. The predicted octanol–water partition coefficient (Wildman–Crippen LogP) is 1.88. The largest absolute Gasteiger partial charge is 0.343 e. The van der Waals surface area contributed by atoms with Crippen molar-refractivity contribution in [2.24, 2.45) is 0 Å². The van der Waals surface area contributed by atoms with Crippen molar-refractivity contribution in [2.45, 2.75) is 23.8 Å². The van der Waals surface area contributed by atoms with Gasteiger partial charge in [0.05, 0.1) is 17.2 Å². The van der Waals surface area contributed by atoms with E-state index in [4.69, 9.17) is 0 Å². The first kappa shape index (κ1) is 19.1. The third-order valence-electron chi connectivity index (χ3n) is 4.65. The van der Waals surface area contributed by atoms with Crippen LogP contribution in [0.15, 0.2) is 65.6 Å². The Bertz CT molecular complexity index is 898. The molecule has 2 amide bonds. The highest BCUT2D eigenvalue weighted by Gasteiger charge is 2.33. The maximum absolute atomic E-state index is 12.6. The minimum atomic E-state index is -3.47. The number of carbonyl (C=O) groups excluding carboxylic acids is 2. The number of amides is 2. The molecule has 0 saturated carbocycles. The summed E-state index contributed by atoms with van der Waals surface area (Å²) in [4.78, 5) is 26.5. The van der Waals surface area contributed by atoms with Gasteiger partial charge in [0.1, 0.15) is 0 Å². The minimum absolute atomic E-state index is 0.102. The second-order valence-corrected chi connectivity index (χ2v) is 8.56. The fraction of sp³-hybridized carbons (Fsp3) is 0.300. The van der Waals surface area contributed by atoms with Crippen molar-refractivity contribution in [1.82, 2.24) is 10.2 Å². The van der Waals surface area contributed by atoms with Crippen LogP contribution in [0.2, 0.25) is 0 Å². The van der Waals surface area contributed by atoms with Crippen LogP contribution in [-0.2, 0) is 14.6 Å². The van der Waals surface area contributed by atoms with E-state index in [1.807, 2.05) is 6.07 Å². The van der Waals surface area contributed by atoms with Crippen molar-refractivity contribution in [1.29, 1.82) is 0 Å². The van der Waals surface area contributed by atoms with Crippen molar-refractivity contribution in [3.63, 3.8) is 0 Å². The zero-order chi connectivity index (χ0) is 19.3. The molecule has 142 valence electrons. The smallest absolute Gasteiger partial charge is 0.251 e. The first-order valence-electron chi connectivity index (χ1n) is 8.88. The van der Waals surface area contributed by atoms with Crippen LogP contribution in [0.1, 0.15) is 23.2 Å². The lowest BCUT2D eigenvalue weighted by molar-refractivity contribution is -0.130. The van der Waals surface area contributed by atoms with Gasteiger partial charge in [0.2, 0.25) is 5.91 Å². The quantitative estimate of drug-likeness (QED) is 0.822. The fourth-order valence-electron chi connectivity index (χ4n) is 3.26. The van der Waals surface area contributed by atoms with Crippen LogP contribution < -0.4 is 5.32 Å². The van der Waals surface area contributed by atoms with Gasteiger partial charge in [-0.2, -0.15) is 0 Å². The second-order valence-electron chi connectivity index (χ2n) is 6.53. The van der Waals surface area contributed by atoms with E-state index >= 15 is 0 Å². The summed E-state index contributed by atoms with van der Waals surface area (Å²) in [5, 5.41) is 2.61. The Morgan fingerprint density at radius 2 is 1.63 bits per heavy atom. The van der Waals surface area contributed by atoms with Crippen LogP contribution in [-0.4, -0.2) is 50.0 Å². The third kappa shape index (κ3) is 4.74. The highest BCUT2D eigenvalue weighted by atomic mass is 32.2. The molecule has 1 N–H and O–H groups in total. The highest BCUT2D eigenvalue weighted by molar-refractivity contribution is 7.91. The van der Waals surface area contributed by atoms with Gasteiger partial charge in [0, 0.05) is 18.2 Å². The number of nitrogens with one attached hydrogen (secondary N) is 1. The van der Waals surface area contributed by atoms with Crippen LogP contribution in [0, 0.1) is 0 Å². The Labute approximate surface area is 159 Å². The summed E-state index contributed by atoms with van der Waals surface area (Å²) in [6, 6.07) is 16.6. The molecule has 7 heteroatoms. The van der Waals surface area contributed by atoms with Gasteiger partial charge in [0.25, 0.3) is 5.91 Å². The predicted molar refractivity (Wildman–Crippen MR) is 102 cm³/mol. The van der Waals surface area contributed by atoms with Gasteiger partial charge >= 0.3 is 0 Å². The summed E-state index contributed by atoms with van der Waals surface area (Å²) in [5.74, 6) is -0.684. The Morgan fingerprint density at radius 3 is 2.30 bits per heavy atom. The van der Waals surface area contributed by atoms with Crippen molar-refractivity contribution in [2.75, 3.05) is 18.8 Å². The summed E-state index contributed by atoms with van der Waals surface area (Å²) in [6.45, 7) is 0.366. The molecule has 1 unspecified atom stereocenters. The van der Waals surface area contributed by atoms with Crippen molar-refractivity contribution in [3.8, 4) is 0 Å². The molecule has 1 saturated heterocycles. The van der Waals surface area contributed by atoms with Gasteiger partial charge in [-0.1, -0.05) is 36.4 Å². The maximum Gasteiger partial charge on any atom is 0.251 e. The SMILES string of the molecule is O=C(NCC(=O)N1CCCC1CS(=O)(=O)c1ccccc1)c1ccccc1. The number of hydrogen-bond acceptors (Lipinski definition) is 4. The van der Waals surface area contributed by atoms with E-state index in [1.54, 1.807) is 59.5 Å². The molecule has 2 aromatic rings. The van der Waals surface area contributed by atoms with E-state index in [0.717, 1.165) is 6.42 Å². The van der Waals surface area contributed by atoms with E-state index in [2.05, 4.69) is 5.32 Å². The average molecular weight is 386 g/mol. The zero-order valence-electron chi connectivity index (χ0n) is 14.9. The van der Waals surface area contributed by atoms with Gasteiger partial charge in [0.15, 0.2) is 9.84 Å². The van der Waals surface area contributed by atoms with Crippen molar-refractivity contribution < 1.29 is 18.0 Å². The van der Waals surface area contributed by atoms with E-state index < -0.39 is 9.84 Å². The molecule has 27 heavy (non-hydrogen) atoms. The van der Waals surface area contributed by atoms with Crippen molar-refractivity contribution >= 4 is 21.7 Å². The summed E-state index contributed by atoms with van der Waals surface area (Å²) >= 11 is 0. The first-order chi connectivity index (χ1) is 13.0. The van der Waals surface area contributed by atoms with Crippen LogP contribution >= 0.6 is 0 Å². The monoisotopic (exact) mass is 386 g/mol. The van der Waals surface area contributed by atoms with Gasteiger partial charge in [-0.05, 0) is 37.1 Å². The molecule has 0 bridgehead atoms. The molecule has 0 aromatic heterocycles. The van der Waals surface area contributed by atoms with Crippen LogP contribution in [0.5, 0.6) is 0 Å². The Hall–Kier alpha value is -2.67. The topological polar surface area (TPSA) is 83.6 Å². The molecule has 1 fully saturated rings. The molecule has 1 aliphatic rings. The van der Waals surface area contributed by atoms with Gasteiger partial charge in [-0.25, -0.2) is 8.42 Å². The number of likely N-dealkylation sites (tertiary alicyclic amines) is 1. The molecule has 3 rings (SSSR count). The first-order valence-corrected chi connectivity index (χ1v) is 10.5. The third-order valence-corrected chi connectivity index (χ3v) is 6.46. The lowest BCUT2D eigenvalue weighted by Crippen LogP contribution is -2.44. The van der Waals surface area contributed by atoms with Crippen LogP contribution in [0.3, 0.4) is 0 Å². The van der Waals surface area contributed by atoms with Crippen LogP contribution in [0.25, 0.3) is 0 Å². The number of rotatable bonds is 6. The molecular weight excluding hydrogens is 364 g/mol. The maximum atomic E-state index is 12.6. The number of sulfone groups is 1. The second kappa shape index (κ2) is 8.35. The van der Waals surface area contributed by atoms with E-state index in [1.165, 1.54) is 0 Å². The molecule has 1 heterocycles. The van der Waals surface area contributed by atoms with E-state index in [-0.39, 0.29) is 35.0 Å². The number of benzene rings is 2. The molecule has 6 nitrogen and oxygen atoms in total. The Kier molecular flexibility index (Phi) is 5.91. The lowest BCUT2D eigenvalue weighted by atomic mass is 10.2. The normalized spacial score (nSPS) is 16.9. The zero-order valence-corrected chi connectivity index (χ0v) is 15.7. The minimum Gasteiger partial charge on any atom is -0.343 e. The van der Waals surface area contributed by atoms with Crippen molar-refractivity contribution in [3.05, 3.63) is 66.2 Å². The summed E-state index contributed by atoms with van der Waals surface area (Å²) in [7, 11) is -3.47. The number of carbonyl (C=O) groups is 2. The molecule has 0 radical (unpaired) electrons. The fourth-order valence-corrected chi connectivity index (χ4v) is 4.88. The molecule has 2 aromatic carbocycles. The van der Waals surface area contributed by atoms with Gasteiger partial charge in [-0.15, -0.1) is 0 Å². The van der Waals surface area contributed by atoms with Gasteiger partial charge in [-0.3, -0.25) is 9.59 Å². The molecule has 1 aliphatic heterocycles. The number of nitrogens with zero attached hydrogens (tertiary/aromatic N) is 1. The highest BCUT2D eigenvalue weighted by Crippen LogP contribution is 2.22. The summed E-state index contributed by atoms with van der Waals surface area (Å²) in [5.41, 5.74) is 0.481. The molecule has 0 spiro atoms. The van der Waals surface area contributed by atoms with E-state index in [0.29, 0.717) is 18.5 Å². The van der Waals surface area contributed by atoms with E-state index in [9.17, 15) is 18.0 Å². The summed E-state index contributed by atoms with van der Waals surface area (Å²) < 4.78 is 25.2. The van der Waals surface area contributed by atoms with Crippen LogP contribution in [0.4, 0.5) is 0 Å². The standard InChI is InChI=1S/C20H22N2O4S/c23-19(14-21-20(24)16-8-3-1-4-9-16)22-13-7-10-17(22)15-27(25,26)18-11-5-2-6-12-18/h1-6,8-9,11-12,17H,7,10,13-15H2,(H,21,24). The average Bonchev–Trinajstić information content (AvgIpc) is 3.14. The number of hydrogen-bond donors (Lipinski definition) is 1. The summed E-state index contributed by atoms with van der Waals surface area (Å²) in [6.07, 6.45) is 1.40. The lowest BCUT2D eigenvalue weighted by Gasteiger charge is -2.24. The Morgan fingerprint density at radius 1 is 1.00 bits per heavy atom.